The quantitative estimate of drug-likeness (QED) is 0.498. The van der Waals surface area contributed by atoms with Crippen molar-refractivity contribution in [2.24, 2.45) is 0 Å². The number of nitrogens with zero attached hydrogens (tertiary/aromatic N) is 2. The van der Waals surface area contributed by atoms with Crippen LogP contribution in [-0.2, 0) is 15.8 Å². The number of aryl methyl sites for hydroxylation is 1. The molecule has 31 heavy (non-hydrogen) atoms. The van der Waals surface area contributed by atoms with Crippen molar-refractivity contribution >= 4 is 21.6 Å². The molecule has 3 aromatic rings. The van der Waals surface area contributed by atoms with Gasteiger partial charge in [-0.3, -0.25) is 4.79 Å². The Morgan fingerprint density at radius 1 is 1.19 bits per heavy atom. The highest BCUT2D eigenvalue weighted by molar-refractivity contribution is 7.88. The lowest BCUT2D eigenvalue weighted by Gasteiger charge is -2.09. The fourth-order valence-corrected chi connectivity index (χ4v) is 4.00. The third-order valence-corrected chi connectivity index (χ3v) is 5.74. The average Bonchev–Trinajstić information content (AvgIpc) is 3.24. The third-order valence-electron chi connectivity index (χ3n) is 4.42. The summed E-state index contributed by atoms with van der Waals surface area (Å²) in [5.41, 5.74) is 3.15. The minimum absolute atomic E-state index is 0.155. The molecule has 0 radical (unpaired) electrons. The van der Waals surface area contributed by atoms with Gasteiger partial charge in [-0.1, -0.05) is 24.3 Å². The smallest absolute Gasteiger partial charge is 0.276 e. The molecule has 0 saturated heterocycles. The van der Waals surface area contributed by atoms with Crippen molar-refractivity contribution in [2.45, 2.75) is 12.7 Å². The number of nitrogens with one attached hydrogen (secondary N) is 2. The van der Waals surface area contributed by atoms with Gasteiger partial charge in [0.2, 0.25) is 10.0 Å². The molecule has 162 valence electrons. The summed E-state index contributed by atoms with van der Waals surface area (Å²) in [7, 11) is -1.86. The number of ether oxygens (including phenoxy) is 1. The van der Waals surface area contributed by atoms with E-state index in [1.807, 2.05) is 25.1 Å². The number of rotatable bonds is 9. The number of carbonyl (C=O) groups excluding carboxylic acids is 1. The first-order chi connectivity index (χ1) is 14.8. The highest BCUT2D eigenvalue weighted by Crippen LogP contribution is 2.23. The van der Waals surface area contributed by atoms with Gasteiger partial charge < -0.3 is 10.1 Å². The van der Waals surface area contributed by atoms with Crippen molar-refractivity contribution in [2.75, 3.05) is 19.0 Å². The maximum Gasteiger partial charge on any atom is 0.276 e. The predicted octanol–water partition coefficient (Wildman–Crippen LogP) is 3.05. The van der Waals surface area contributed by atoms with Crippen molar-refractivity contribution < 1.29 is 17.9 Å². The molecule has 0 fully saturated rings. The number of sulfonamides is 1. The molecular weight excluding hydrogens is 416 g/mol. The Morgan fingerprint density at radius 3 is 2.61 bits per heavy atom. The van der Waals surface area contributed by atoms with Gasteiger partial charge in [0.25, 0.3) is 5.91 Å². The first kappa shape index (κ1) is 22.3. The van der Waals surface area contributed by atoms with Crippen LogP contribution in [0.4, 0.5) is 5.69 Å². The molecule has 2 N–H and O–H groups in total. The Bertz CT molecular complexity index is 1180. The molecule has 0 aliphatic carbocycles. The fourth-order valence-electron chi connectivity index (χ4n) is 2.89. The van der Waals surface area contributed by atoms with Crippen molar-refractivity contribution in [3.8, 4) is 11.4 Å². The lowest BCUT2D eigenvalue weighted by atomic mass is 10.2. The lowest BCUT2D eigenvalue weighted by Crippen LogP contribution is -2.25. The number of amides is 1. The molecule has 0 saturated carbocycles. The highest BCUT2D eigenvalue weighted by Gasteiger charge is 2.14. The van der Waals surface area contributed by atoms with E-state index in [9.17, 15) is 13.2 Å². The van der Waals surface area contributed by atoms with E-state index in [0.29, 0.717) is 17.0 Å². The van der Waals surface area contributed by atoms with Gasteiger partial charge in [-0.2, -0.15) is 5.10 Å². The summed E-state index contributed by atoms with van der Waals surface area (Å²) in [6.07, 6.45) is 3.17. The monoisotopic (exact) mass is 440 g/mol. The van der Waals surface area contributed by atoms with E-state index in [1.54, 1.807) is 48.3 Å². The zero-order valence-electron chi connectivity index (χ0n) is 17.3. The molecule has 0 unspecified atom stereocenters. The van der Waals surface area contributed by atoms with Gasteiger partial charge in [-0.15, -0.1) is 6.58 Å². The molecule has 1 amide bonds. The summed E-state index contributed by atoms with van der Waals surface area (Å²) in [4.78, 5) is 12.6. The zero-order valence-corrected chi connectivity index (χ0v) is 18.1. The molecule has 9 heteroatoms. The largest absolute Gasteiger partial charge is 0.494 e. The summed E-state index contributed by atoms with van der Waals surface area (Å²) >= 11 is 0. The van der Waals surface area contributed by atoms with E-state index in [0.717, 1.165) is 11.3 Å². The number of anilines is 1. The number of hydrogen-bond acceptors (Lipinski definition) is 5. The van der Waals surface area contributed by atoms with Crippen LogP contribution in [0.15, 0.2) is 67.4 Å². The van der Waals surface area contributed by atoms with Crippen LogP contribution in [-0.4, -0.2) is 37.8 Å². The number of hydrogen-bond donors (Lipinski definition) is 2. The normalized spacial score (nSPS) is 11.2. The van der Waals surface area contributed by atoms with Crippen LogP contribution in [0.25, 0.3) is 5.69 Å². The maximum atomic E-state index is 12.6. The Balaban J connectivity index is 1.69. The molecule has 2 aromatic carbocycles. The SMILES string of the molecule is C=CCNS(=O)(=O)Cc1ccc(NC(=O)c2ccn(-c3cc(C)ccc3OC)n2)cc1. The molecule has 0 bridgehead atoms. The van der Waals surface area contributed by atoms with E-state index >= 15 is 0 Å². The van der Waals surface area contributed by atoms with Crippen LogP contribution in [0.5, 0.6) is 5.75 Å². The average molecular weight is 441 g/mol. The number of aromatic nitrogens is 2. The minimum atomic E-state index is -3.44. The van der Waals surface area contributed by atoms with Crippen LogP contribution < -0.4 is 14.8 Å². The van der Waals surface area contributed by atoms with Gasteiger partial charge in [0.15, 0.2) is 5.69 Å². The first-order valence-corrected chi connectivity index (χ1v) is 11.2. The Labute approximate surface area is 181 Å². The maximum absolute atomic E-state index is 12.6. The van der Waals surface area contributed by atoms with Crippen LogP contribution in [0.1, 0.15) is 21.6 Å². The Hall–Kier alpha value is -3.43. The van der Waals surface area contributed by atoms with Crippen molar-refractivity contribution in [1.29, 1.82) is 0 Å². The van der Waals surface area contributed by atoms with Gasteiger partial charge >= 0.3 is 0 Å². The lowest BCUT2D eigenvalue weighted by molar-refractivity contribution is 0.102. The number of benzene rings is 2. The summed E-state index contributed by atoms with van der Waals surface area (Å²) in [5, 5.41) is 7.11. The van der Waals surface area contributed by atoms with Crippen LogP contribution in [0.2, 0.25) is 0 Å². The van der Waals surface area contributed by atoms with Crippen molar-refractivity contribution in [3.05, 3.63) is 84.2 Å². The number of carbonyl (C=O) groups is 1. The van der Waals surface area contributed by atoms with Crippen LogP contribution >= 0.6 is 0 Å². The van der Waals surface area contributed by atoms with Crippen LogP contribution in [0, 0.1) is 6.92 Å². The second-order valence-corrected chi connectivity index (χ2v) is 8.67. The second-order valence-electron chi connectivity index (χ2n) is 6.87. The third kappa shape index (κ3) is 5.80. The summed E-state index contributed by atoms with van der Waals surface area (Å²) < 4.78 is 33.3. The fraction of sp³-hybridized carbons (Fsp3) is 0.182. The Kier molecular flexibility index (Phi) is 6.88. The summed E-state index contributed by atoms with van der Waals surface area (Å²) in [6, 6.07) is 13.9. The topological polar surface area (TPSA) is 102 Å². The van der Waals surface area contributed by atoms with Gasteiger partial charge in [-0.05, 0) is 48.4 Å². The molecule has 0 spiro atoms. The zero-order chi connectivity index (χ0) is 22.4. The van der Waals surface area contributed by atoms with E-state index in [4.69, 9.17) is 4.74 Å². The molecule has 1 heterocycles. The molecule has 8 nitrogen and oxygen atoms in total. The van der Waals surface area contributed by atoms with E-state index in [-0.39, 0.29) is 23.9 Å². The standard InChI is InChI=1S/C22H24N4O4S/c1-4-12-23-31(28,29)15-17-6-8-18(9-7-17)24-22(27)19-11-13-26(25-19)20-14-16(2)5-10-21(20)30-3/h4-11,13-14,23H,1,12,15H2,2-3H3,(H,24,27). The minimum Gasteiger partial charge on any atom is -0.494 e. The summed E-state index contributed by atoms with van der Waals surface area (Å²) in [5.74, 6) is 0.116. The van der Waals surface area contributed by atoms with E-state index < -0.39 is 10.0 Å². The number of methoxy groups -OCH3 is 1. The molecule has 0 aliphatic rings. The molecule has 1 aromatic heterocycles. The van der Waals surface area contributed by atoms with E-state index in [2.05, 4.69) is 21.7 Å². The second kappa shape index (κ2) is 9.59. The van der Waals surface area contributed by atoms with Gasteiger partial charge in [-0.25, -0.2) is 17.8 Å². The first-order valence-electron chi connectivity index (χ1n) is 9.50. The van der Waals surface area contributed by atoms with Gasteiger partial charge in [0, 0.05) is 18.4 Å². The Morgan fingerprint density at radius 2 is 1.94 bits per heavy atom. The van der Waals surface area contributed by atoms with Gasteiger partial charge in [0.05, 0.1) is 12.9 Å². The summed E-state index contributed by atoms with van der Waals surface area (Å²) in [6.45, 7) is 5.63. The molecule has 0 atom stereocenters. The predicted molar refractivity (Wildman–Crippen MR) is 120 cm³/mol. The van der Waals surface area contributed by atoms with Gasteiger partial charge in [0.1, 0.15) is 11.4 Å². The molecular formula is C22H24N4O4S. The van der Waals surface area contributed by atoms with Crippen molar-refractivity contribution in [3.63, 3.8) is 0 Å². The van der Waals surface area contributed by atoms with Crippen LogP contribution in [0.3, 0.4) is 0 Å². The highest BCUT2D eigenvalue weighted by atomic mass is 32.2. The van der Waals surface area contributed by atoms with Crippen molar-refractivity contribution in [1.82, 2.24) is 14.5 Å². The molecule has 3 rings (SSSR count). The molecule has 0 aliphatic heterocycles. The van der Waals surface area contributed by atoms with E-state index in [1.165, 1.54) is 6.08 Å².